The lowest BCUT2D eigenvalue weighted by Crippen LogP contribution is -2.51. The Kier molecular flexibility index (Phi) is 10.3. The third kappa shape index (κ3) is 6.53. The quantitative estimate of drug-likeness (QED) is 0.110. The molecule has 4 rings (SSSR count). The first-order valence-corrected chi connectivity index (χ1v) is 15.5. The van der Waals surface area contributed by atoms with Gasteiger partial charge >= 0.3 is 5.97 Å². The first-order valence-electron chi connectivity index (χ1n) is 14.2. The maximum atomic E-state index is 12.4. The summed E-state index contributed by atoms with van der Waals surface area (Å²) >= 11 is 8.42. The Balaban J connectivity index is 1.31. The van der Waals surface area contributed by atoms with Crippen molar-refractivity contribution in [2.24, 2.45) is 33.7 Å². The van der Waals surface area contributed by atoms with Crippen LogP contribution in [0.5, 0.6) is 0 Å². The minimum absolute atomic E-state index is 0.118. The van der Waals surface area contributed by atoms with Crippen LogP contribution >= 0.6 is 25.3 Å². The fourth-order valence-corrected chi connectivity index (χ4v) is 8.16. The number of oxime groups is 1. The van der Waals surface area contributed by atoms with Crippen molar-refractivity contribution in [2.75, 3.05) is 44.3 Å². The normalized spacial score (nSPS) is 36.1. The van der Waals surface area contributed by atoms with Crippen molar-refractivity contribution in [3.8, 4) is 0 Å². The highest BCUT2D eigenvalue weighted by Crippen LogP contribution is 2.65. The van der Waals surface area contributed by atoms with Gasteiger partial charge in [0.2, 0.25) is 6.61 Å². The molecule has 0 aliphatic heterocycles. The summed E-state index contributed by atoms with van der Waals surface area (Å²) in [7, 11) is 0. The van der Waals surface area contributed by atoms with E-state index in [1.54, 1.807) is 0 Å². The number of hydrogen-bond donors (Lipinski definition) is 5. The highest BCUT2D eigenvalue weighted by molar-refractivity contribution is 7.80. The van der Waals surface area contributed by atoms with Crippen LogP contribution in [-0.4, -0.2) is 73.3 Å². The van der Waals surface area contributed by atoms with Crippen LogP contribution < -0.4 is 10.6 Å². The molecule has 7 nitrogen and oxygen atoms in total. The van der Waals surface area contributed by atoms with E-state index in [0.717, 1.165) is 68.3 Å². The van der Waals surface area contributed by atoms with Crippen molar-refractivity contribution in [2.45, 2.75) is 77.4 Å². The van der Waals surface area contributed by atoms with E-state index in [2.05, 4.69) is 61.0 Å². The number of nitrogens with one attached hydrogen (secondary N) is 2. The van der Waals surface area contributed by atoms with Gasteiger partial charge in [-0.15, -0.1) is 0 Å². The molecule has 3 saturated carbocycles. The van der Waals surface area contributed by atoms with Crippen LogP contribution in [0.1, 0.15) is 65.2 Å². The molecule has 210 valence electrons. The Morgan fingerprint density at radius 2 is 1.81 bits per heavy atom. The zero-order valence-corrected chi connectivity index (χ0v) is 24.4. The van der Waals surface area contributed by atoms with Gasteiger partial charge in [-0.3, -0.25) is 0 Å². The maximum absolute atomic E-state index is 12.4. The number of thiol groups is 2. The fourth-order valence-electron chi connectivity index (χ4n) is 7.84. The molecule has 0 aromatic rings. The second-order valence-electron chi connectivity index (χ2n) is 12.0. The number of esters is 1. The van der Waals surface area contributed by atoms with E-state index in [1.807, 2.05) is 0 Å². The molecule has 9 heteroatoms. The predicted octanol–water partition coefficient (Wildman–Crippen LogP) is 3.63. The molecule has 4 aliphatic rings. The number of aliphatic hydroxyl groups is 1. The van der Waals surface area contributed by atoms with E-state index >= 15 is 0 Å². The summed E-state index contributed by atoms with van der Waals surface area (Å²) in [5.74, 6) is 3.12. The Hall–Kier alpha value is -0.740. The van der Waals surface area contributed by atoms with E-state index in [0.29, 0.717) is 24.9 Å². The van der Waals surface area contributed by atoms with Gasteiger partial charge in [0.25, 0.3) is 0 Å². The van der Waals surface area contributed by atoms with Gasteiger partial charge in [0.1, 0.15) is 6.10 Å². The molecule has 3 fully saturated rings. The SMILES string of the molecule is C[C@]12CC/C(=N\OCC(=O)OC(CNCCS)CNCCS)C=C1CCC1C2CC[C@@]2(C)C1CC[C@@H]2O. The van der Waals surface area contributed by atoms with Crippen LogP contribution in [0, 0.1) is 28.6 Å². The van der Waals surface area contributed by atoms with Gasteiger partial charge in [0.05, 0.1) is 11.8 Å². The smallest absolute Gasteiger partial charge is 0.347 e. The van der Waals surface area contributed by atoms with Crippen LogP contribution in [0.25, 0.3) is 0 Å². The molecular weight excluding hydrogens is 506 g/mol. The van der Waals surface area contributed by atoms with E-state index in [-0.39, 0.29) is 29.6 Å². The predicted molar refractivity (Wildman–Crippen MR) is 154 cm³/mol. The van der Waals surface area contributed by atoms with Crippen LogP contribution in [0.15, 0.2) is 16.8 Å². The van der Waals surface area contributed by atoms with Crippen LogP contribution in [0.2, 0.25) is 0 Å². The zero-order chi connectivity index (χ0) is 26.5. The number of carbonyl (C=O) groups excluding carboxylic acids is 1. The molecule has 4 aliphatic carbocycles. The second-order valence-corrected chi connectivity index (χ2v) is 12.9. The molecule has 0 bridgehead atoms. The van der Waals surface area contributed by atoms with E-state index in [9.17, 15) is 9.90 Å². The van der Waals surface area contributed by atoms with Crippen molar-refractivity contribution < 1.29 is 19.5 Å². The van der Waals surface area contributed by atoms with E-state index < -0.39 is 5.97 Å². The highest BCUT2D eigenvalue weighted by atomic mass is 32.1. The number of allylic oxidation sites excluding steroid dienone is 2. The summed E-state index contributed by atoms with van der Waals surface area (Å²) in [6, 6.07) is 0. The largest absolute Gasteiger partial charge is 0.457 e. The van der Waals surface area contributed by atoms with Crippen LogP contribution in [-0.2, 0) is 14.4 Å². The standard InChI is InChI=1S/C28H47N3O4S2/c1-27-9-7-20(31-34-18-26(33)35-21(16-29-11-13-36)17-30-12-14-37)15-19(27)3-4-22-23-5-6-25(32)28(23,2)10-8-24(22)27/h15,21-25,29-30,32,36-37H,3-14,16-18H2,1-2H3/b31-20+/t22?,23?,24?,25-,27-,28-/m0/s1. The zero-order valence-electron chi connectivity index (χ0n) is 22.6. The number of aliphatic hydroxyl groups excluding tert-OH is 1. The number of ether oxygens (including phenoxy) is 1. The summed E-state index contributed by atoms with van der Waals surface area (Å²) in [6.45, 7) is 7.25. The Labute approximate surface area is 233 Å². The lowest BCUT2D eigenvalue weighted by Gasteiger charge is -2.57. The Morgan fingerprint density at radius 3 is 2.51 bits per heavy atom. The molecule has 0 heterocycles. The monoisotopic (exact) mass is 553 g/mol. The van der Waals surface area contributed by atoms with Crippen molar-refractivity contribution in [1.82, 2.24) is 10.6 Å². The maximum Gasteiger partial charge on any atom is 0.347 e. The van der Waals surface area contributed by atoms with Gasteiger partial charge in [0.15, 0.2) is 0 Å². The van der Waals surface area contributed by atoms with Crippen LogP contribution in [0.3, 0.4) is 0 Å². The average Bonchev–Trinajstić information content (AvgIpc) is 3.18. The van der Waals surface area contributed by atoms with Crippen molar-refractivity contribution >= 4 is 36.9 Å². The summed E-state index contributed by atoms with van der Waals surface area (Å²) < 4.78 is 5.60. The summed E-state index contributed by atoms with van der Waals surface area (Å²) in [4.78, 5) is 17.9. The lowest BCUT2D eigenvalue weighted by molar-refractivity contribution is -0.154. The average molecular weight is 554 g/mol. The minimum Gasteiger partial charge on any atom is -0.457 e. The summed E-state index contributed by atoms with van der Waals surface area (Å²) in [5, 5.41) is 21.5. The van der Waals surface area contributed by atoms with Crippen molar-refractivity contribution in [3.05, 3.63) is 11.6 Å². The van der Waals surface area contributed by atoms with Crippen molar-refractivity contribution in [1.29, 1.82) is 0 Å². The van der Waals surface area contributed by atoms with Gasteiger partial charge in [-0.1, -0.05) is 24.6 Å². The third-order valence-corrected chi connectivity index (χ3v) is 10.4. The topological polar surface area (TPSA) is 92.2 Å². The van der Waals surface area contributed by atoms with Gasteiger partial charge in [0, 0.05) is 37.7 Å². The molecular formula is C28H47N3O4S2. The summed E-state index contributed by atoms with van der Waals surface area (Å²) in [5.41, 5.74) is 2.76. The number of nitrogens with zero attached hydrogens (tertiary/aromatic N) is 1. The van der Waals surface area contributed by atoms with Gasteiger partial charge in [-0.05, 0) is 86.0 Å². The molecule has 37 heavy (non-hydrogen) atoms. The molecule has 0 aromatic heterocycles. The van der Waals surface area contributed by atoms with E-state index in [1.165, 1.54) is 24.8 Å². The summed E-state index contributed by atoms with van der Waals surface area (Å²) in [6.07, 6.45) is 10.6. The third-order valence-electron chi connectivity index (χ3n) is 9.91. The van der Waals surface area contributed by atoms with E-state index in [4.69, 9.17) is 9.57 Å². The molecule has 0 radical (unpaired) electrons. The number of fused-ring (bicyclic) bond motifs is 5. The minimum atomic E-state index is -0.410. The van der Waals surface area contributed by atoms with Gasteiger partial charge < -0.3 is 25.3 Å². The molecule has 3 unspecified atom stereocenters. The number of hydrogen-bond acceptors (Lipinski definition) is 9. The number of carbonyl (C=O) groups is 1. The van der Waals surface area contributed by atoms with Crippen LogP contribution in [0.4, 0.5) is 0 Å². The molecule has 0 aromatic carbocycles. The van der Waals surface area contributed by atoms with Gasteiger partial charge in [-0.25, -0.2) is 4.79 Å². The van der Waals surface area contributed by atoms with Crippen molar-refractivity contribution in [3.63, 3.8) is 0 Å². The molecule has 6 atom stereocenters. The molecule has 0 amide bonds. The first kappa shape index (κ1) is 29.2. The van der Waals surface area contributed by atoms with Gasteiger partial charge in [-0.2, -0.15) is 25.3 Å². The molecule has 0 spiro atoms. The second kappa shape index (κ2) is 13.1. The Morgan fingerprint density at radius 1 is 1.08 bits per heavy atom. The Bertz CT molecular complexity index is 845. The lowest BCUT2D eigenvalue weighted by atomic mass is 9.47. The highest BCUT2D eigenvalue weighted by Gasteiger charge is 2.58. The molecule has 0 saturated heterocycles. The molecule has 3 N–H and O–H groups in total. The number of rotatable bonds is 12. The fraction of sp³-hybridized carbons (Fsp3) is 0.857. The first-order chi connectivity index (χ1) is 17.8.